The molecule has 2 N–H and O–H groups in total. The van der Waals surface area contributed by atoms with Crippen LogP contribution >= 0.6 is 23.1 Å². The fourth-order valence-corrected chi connectivity index (χ4v) is 4.22. The maximum Gasteiger partial charge on any atom is 0.219 e. The number of thioether (sulfide) groups is 1. The topological polar surface area (TPSA) is 90.9 Å². The van der Waals surface area contributed by atoms with Crippen molar-refractivity contribution in [1.82, 2.24) is 14.8 Å². The van der Waals surface area contributed by atoms with Gasteiger partial charge in [0.1, 0.15) is 0 Å². The Morgan fingerprint density at radius 2 is 2.04 bits per heavy atom. The number of nitrogens with zero attached hydrogens (tertiary/aromatic N) is 3. The Hall–Kier alpha value is -2.45. The second kappa shape index (κ2) is 8.49. The first kappa shape index (κ1) is 19.3. The summed E-state index contributed by atoms with van der Waals surface area (Å²) in [6, 6.07) is 9.74. The number of ketones is 1. The highest BCUT2D eigenvalue weighted by molar-refractivity contribution is 7.99. The number of Topliss-reactive ketones (excluding diaryl/α,β-unsaturated/α-hetero) is 1. The third kappa shape index (κ3) is 4.64. The van der Waals surface area contributed by atoms with E-state index in [0.717, 1.165) is 21.6 Å². The maximum atomic E-state index is 12.7. The summed E-state index contributed by atoms with van der Waals surface area (Å²) in [5.41, 5.74) is 8.04. The summed E-state index contributed by atoms with van der Waals surface area (Å²) in [6.07, 6.45) is 0.189. The van der Waals surface area contributed by atoms with Gasteiger partial charge in [0, 0.05) is 18.5 Å². The van der Waals surface area contributed by atoms with E-state index in [9.17, 15) is 9.59 Å². The molecule has 0 aliphatic heterocycles. The highest BCUT2D eigenvalue weighted by atomic mass is 32.2. The third-order valence-corrected chi connectivity index (χ3v) is 5.90. The summed E-state index contributed by atoms with van der Waals surface area (Å²) in [7, 11) is 0. The Kier molecular flexibility index (Phi) is 6.08. The van der Waals surface area contributed by atoms with Crippen LogP contribution in [-0.4, -0.2) is 32.2 Å². The van der Waals surface area contributed by atoms with Crippen molar-refractivity contribution in [3.63, 3.8) is 0 Å². The SMILES string of the molecule is Cc1ccc(C)c(C(=O)CSc2nnc(-c3cccs3)n2CCC(N)=O)c1. The van der Waals surface area contributed by atoms with Gasteiger partial charge in [-0.2, -0.15) is 0 Å². The van der Waals surface area contributed by atoms with E-state index in [4.69, 9.17) is 5.73 Å². The molecule has 0 saturated heterocycles. The standard InChI is InChI=1S/C19H20N4O2S2/c1-12-5-6-13(2)14(10-12)15(24)11-27-19-22-21-18(16-4-3-9-26-16)23(19)8-7-17(20)25/h3-6,9-10H,7-8,11H2,1-2H3,(H2,20,25). The van der Waals surface area contributed by atoms with Crippen LogP contribution in [0.4, 0.5) is 0 Å². The highest BCUT2D eigenvalue weighted by Crippen LogP contribution is 2.28. The van der Waals surface area contributed by atoms with Crippen LogP contribution in [0.2, 0.25) is 0 Å². The van der Waals surface area contributed by atoms with Crippen molar-refractivity contribution < 1.29 is 9.59 Å². The van der Waals surface area contributed by atoms with Gasteiger partial charge in [0.25, 0.3) is 0 Å². The molecule has 0 spiro atoms. The van der Waals surface area contributed by atoms with Crippen molar-refractivity contribution in [3.8, 4) is 10.7 Å². The monoisotopic (exact) mass is 400 g/mol. The summed E-state index contributed by atoms with van der Waals surface area (Å²) in [5.74, 6) is 0.600. The molecule has 0 bridgehead atoms. The number of benzene rings is 1. The van der Waals surface area contributed by atoms with Gasteiger partial charge in [-0.3, -0.25) is 9.59 Å². The highest BCUT2D eigenvalue weighted by Gasteiger charge is 2.18. The molecule has 0 atom stereocenters. The molecule has 8 heteroatoms. The summed E-state index contributed by atoms with van der Waals surface area (Å²) < 4.78 is 1.86. The van der Waals surface area contributed by atoms with Crippen LogP contribution in [0, 0.1) is 13.8 Å². The number of hydrogen-bond acceptors (Lipinski definition) is 6. The summed E-state index contributed by atoms with van der Waals surface area (Å²) in [4.78, 5) is 24.8. The van der Waals surface area contributed by atoms with Crippen LogP contribution in [0.25, 0.3) is 10.7 Å². The van der Waals surface area contributed by atoms with Gasteiger partial charge in [-0.15, -0.1) is 21.5 Å². The van der Waals surface area contributed by atoms with Crippen LogP contribution in [0.5, 0.6) is 0 Å². The Bertz CT molecular complexity index is 964. The molecule has 140 valence electrons. The van der Waals surface area contributed by atoms with E-state index in [1.165, 1.54) is 11.8 Å². The number of primary amides is 1. The van der Waals surface area contributed by atoms with Crippen LogP contribution in [0.1, 0.15) is 27.9 Å². The zero-order valence-electron chi connectivity index (χ0n) is 15.1. The van der Waals surface area contributed by atoms with Crippen molar-refractivity contribution in [2.45, 2.75) is 32.0 Å². The van der Waals surface area contributed by atoms with Gasteiger partial charge in [0.15, 0.2) is 16.8 Å². The van der Waals surface area contributed by atoms with E-state index in [1.807, 2.05) is 54.1 Å². The molecule has 1 aromatic carbocycles. The van der Waals surface area contributed by atoms with E-state index >= 15 is 0 Å². The number of rotatable bonds is 8. The fourth-order valence-electron chi connectivity index (χ4n) is 2.65. The third-order valence-electron chi connectivity index (χ3n) is 4.07. The predicted octanol–water partition coefficient (Wildman–Crippen LogP) is 3.47. The van der Waals surface area contributed by atoms with Gasteiger partial charge in [-0.05, 0) is 36.9 Å². The lowest BCUT2D eigenvalue weighted by Crippen LogP contribution is -2.15. The minimum atomic E-state index is -0.386. The number of aryl methyl sites for hydroxylation is 2. The average Bonchev–Trinajstić information content (AvgIpc) is 3.29. The number of carbonyl (C=O) groups is 2. The Labute approximate surface area is 165 Å². The number of nitrogens with two attached hydrogens (primary N) is 1. The molecule has 2 aromatic heterocycles. The molecule has 2 heterocycles. The Morgan fingerprint density at radius 1 is 1.22 bits per heavy atom. The lowest BCUT2D eigenvalue weighted by atomic mass is 10.0. The number of aromatic nitrogens is 3. The minimum Gasteiger partial charge on any atom is -0.370 e. The molecule has 3 rings (SSSR count). The van der Waals surface area contributed by atoms with E-state index in [2.05, 4.69) is 10.2 Å². The second-order valence-electron chi connectivity index (χ2n) is 6.18. The molecule has 6 nitrogen and oxygen atoms in total. The number of hydrogen-bond donors (Lipinski definition) is 1. The van der Waals surface area contributed by atoms with Crippen molar-refractivity contribution in [2.24, 2.45) is 5.73 Å². The molecule has 3 aromatic rings. The zero-order chi connectivity index (χ0) is 19.4. The lowest BCUT2D eigenvalue weighted by Gasteiger charge is -2.09. The van der Waals surface area contributed by atoms with Crippen molar-refractivity contribution in [3.05, 3.63) is 52.4 Å². The number of thiophene rings is 1. The normalized spacial score (nSPS) is 10.9. The Balaban J connectivity index is 1.80. The zero-order valence-corrected chi connectivity index (χ0v) is 16.8. The molecular weight excluding hydrogens is 380 g/mol. The van der Waals surface area contributed by atoms with E-state index in [1.54, 1.807) is 11.3 Å². The molecule has 0 aliphatic carbocycles. The van der Waals surface area contributed by atoms with E-state index < -0.39 is 0 Å². The molecule has 0 radical (unpaired) electrons. The number of carbonyl (C=O) groups excluding carboxylic acids is 2. The predicted molar refractivity (Wildman–Crippen MR) is 108 cm³/mol. The summed E-state index contributed by atoms with van der Waals surface area (Å²) in [6.45, 7) is 4.29. The first-order valence-corrected chi connectivity index (χ1v) is 10.3. The molecule has 0 saturated carbocycles. The molecule has 0 fully saturated rings. The smallest absolute Gasteiger partial charge is 0.219 e. The van der Waals surface area contributed by atoms with Crippen molar-refractivity contribution >= 4 is 34.8 Å². The quantitative estimate of drug-likeness (QED) is 0.462. The first-order valence-electron chi connectivity index (χ1n) is 8.44. The largest absolute Gasteiger partial charge is 0.370 e. The summed E-state index contributed by atoms with van der Waals surface area (Å²) >= 11 is 2.87. The van der Waals surface area contributed by atoms with Crippen LogP contribution in [0.15, 0.2) is 40.9 Å². The first-order chi connectivity index (χ1) is 13.0. The molecule has 0 aliphatic rings. The number of amides is 1. The Morgan fingerprint density at radius 3 is 2.74 bits per heavy atom. The van der Waals surface area contributed by atoms with Gasteiger partial charge >= 0.3 is 0 Å². The van der Waals surface area contributed by atoms with Crippen LogP contribution < -0.4 is 5.73 Å². The maximum absolute atomic E-state index is 12.7. The van der Waals surface area contributed by atoms with Crippen molar-refractivity contribution in [2.75, 3.05) is 5.75 Å². The minimum absolute atomic E-state index is 0.0447. The van der Waals surface area contributed by atoms with Gasteiger partial charge in [0.2, 0.25) is 5.91 Å². The fraction of sp³-hybridized carbons (Fsp3) is 0.263. The van der Waals surface area contributed by atoms with Gasteiger partial charge in [0.05, 0.1) is 10.6 Å². The van der Waals surface area contributed by atoms with Crippen molar-refractivity contribution in [1.29, 1.82) is 0 Å². The van der Waals surface area contributed by atoms with Crippen LogP contribution in [-0.2, 0) is 11.3 Å². The molecule has 0 unspecified atom stereocenters. The molecule has 1 amide bonds. The summed E-state index contributed by atoms with van der Waals surface area (Å²) in [5, 5.41) is 11.1. The van der Waals surface area contributed by atoms with Gasteiger partial charge in [-0.25, -0.2) is 0 Å². The second-order valence-corrected chi connectivity index (χ2v) is 8.07. The van der Waals surface area contributed by atoms with Gasteiger partial charge in [-0.1, -0.05) is 35.5 Å². The molecule has 27 heavy (non-hydrogen) atoms. The van der Waals surface area contributed by atoms with E-state index in [-0.39, 0.29) is 23.9 Å². The van der Waals surface area contributed by atoms with Crippen LogP contribution in [0.3, 0.4) is 0 Å². The van der Waals surface area contributed by atoms with E-state index in [0.29, 0.717) is 17.5 Å². The lowest BCUT2D eigenvalue weighted by molar-refractivity contribution is -0.118. The van der Waals surface area contributed by atoms with Gasteiger partial charge < -0.3 is 10.3 Å². The molecular formula is C19H20N4O2S2. The average molecular weight is 401 g/mol.